The van der Waals surface area contributed by atoms with Gasteiger partial charge in [0.15, 0.2) is 11.5 Å². The highest BCUT2D eigenvalue weighted by molar-refractivity contribution is 5.83. The SMILES string of the molecule is CCOc1ccccc1Oc1coc2c(CN3CCN(CC)CC3)c(O)ccc2c1=O. The number of piperazine rings is 1. The molecule has 2 heterocycles. The summed E-state index contributed by atoms with van der Waals surface area (Å²) in [6.07, 6.45) is 1.31. The van der Waals surface area contributed by atoms with Crippen LogP contribution in [0, 0.1) is 0 Å². The fourth-order valence-corrected chi connectivity index (χ4v) is 3.87. The Morgan fingerprint density at radius 2 is 1.68 bits per heavy atom. The molecule has 0 unspecified atom stereocenters. The summed E-state index contributed by atoms with van der Waals surface area (Å²) in [6.45, 7) is 9.89. The van der Waals surface area contributed by atoms with Gasteiger partial charge in [0.05, 0.1) is 17.6 Å². The van der Waals surface area contributed by atoms with Crippen LogP contribution in [0.4, 0.5) is 0 Å². The van der Waals surface area contributed by atoms with Crippen LogP contribution in [-0.2, 0) is 6.54 Å². The van der Waals surface area contributed by atoms with E-state index in [9.17, 15) is 9.90 Å². The minimum absolute atomic E-state index is 0.0767. The highest BCUT2D eigenvalue weighted by Crippen LogP contribution is 2.33. The van der Waals surface area contributed by atoms with E-state index in [0.717, 1.165) is 32.7 Å². The third-order valence-electron chi connectivity index (χ3n) is 5.65. The first-order valence-electron chi connectivity index (χ1n) is 10.7. The van der Waals surface area contributed by atoms with Crippen LogP contribution < -0.4 is 14.9 Å². The van der Waals surface area contributed by atoms with Crippen molar-refractivity contribution >= 4 is 11.0 Å². The fourth-order valence-electron chi connectivity index (χ4n) is 3.87. The Morgan fingerprint density at radius 1 is 0.968 bits per heavy atom. The third-order valence-corrected chi connectivity index (χ3v) is 5.65. The molecule has 1 N–H and O–H groups in total. The van der Waals surface area contributed by atoms with Crippen molar-refractivity contribution in [3.63, 3.8) is 0 Å². The van der Waals surface area contributed by atoms with Gasteiger partial charge < -0.3 is 23.9 Å². The zero-order chi connectivity index (χ0) is 21.8. The number of fused-ring (bicyclic) bond motifs is 1. The number of nitrogens with zero attached hydrogens (tertiary/aromatic N) is 2. The van der Waals surface area contributed by atoms with Gasteiger partial charge in [-0.1, -0.05) is 19.1 Å². The van der Waals surface area contributed by atoms with Gasteiger partial charge in [0, 0.05) is 32.7 Å². The zero-order valence-corrected chi connectivity index (χ0v) is 18.0. The van der Waals surface area contributed by atoms with Gasteiger partial charge in [0.2, 0.25) is 11.2 Å². The quantitative estimate of drug-likeness (QED) is 0.618. The van der Waals surface area contributed by atoms with E-state index >= 15 is 0 Å². The molecule has 4 rings (SSSR count). The monoisotopic (exact) mass is 424 g/mol. The van der Waals surface area contributed by atoms with Crippen molar-refractivity contribution in [2.45, 2.75) is 20.4 Å². The Labute approximate surface area is 181 Å². The highest BCUT2D eigenvalue weighted by Gasteiger charge is 2.21. The lowest BCUT2D eigenvalue weighted by Gasteiger charge is -2.34. The average Bonchev–Trinajstić information content (AvgIpc) is 2.79. The Kier molecular flexibility index (Phi) is 6.44. The second-order valence-corrected chi connectivity index (χ2v) is 7.56. The summed E-state index contributed by atoms with van der Waals surface area (Å²) in [4.78, 5) is 17.8. The predicted octanol–water partition coefficient (Wildman–Crippen LogP) is 3.83. The van der Waals surface area contributed by atoms with E-state index in [1.54, 1.807) is 24.3 Å². The van der Waals surface area contributed by atoms with Crippen LogP contribution in [0.5, 0.6) is 23.0 Å². The summed E-state index contributed by atoms with van der Waals surface area (Å²) in [6, 6.07) is 10.3. The Hall–Kier alpha value is -3.03. The molecule has 0 atom stereocenters. The van der Waals surface area contributed by atoms with Crippen molar-refractivity contribution in [1.29, 1.82) is 0 Å². The third kappa shape index (κ3) is 4.52. The topological polar surface area (TPSA) is 75.4 Å². The average molecular weight is 424 g/mol. The van der Waals surface area contributed by atoms with Gasteiger partial charge in [-0.25, -0.2) is 0 Å². The summed E-state index contributed by atoms with van der Waals surface area (Å²) < 4.78 is 17.2. The molecule has 7 heteroatoms. The molecule has 0 spiro atoms. The van der Waals surface area contributed by atoms with Crippen molar-refractivity contribution in [3.8, 4) is 23.0 Å². The Morgan fingerprint density at radius 3 is 2.39 bits per heavy atom. The Balaban J connectivity index is 1.63. The summed E-state index contributed by atoms with van der Waals surface area (Å²) >= 11 is 0. The fraction of sp³-hybridized carbons (Fsp3) is 0.375. The van der Waals surface area contributed by atoms with Gasteiger partial charge in [0.25, 0.3) is 0 Å². The number of para-hydroxylation sites is 2. The number of hydrogen-bond acceptors (Lipinski definition) is 7. The number of phenolic OH excluding ortho intramolecular Hbond substituents is 1. The summed E-state index contributed by atoms with van der Waals surface area (Å²) in [7, 11) is 0. The number of rotatable bonds is 7. The van der Waals surface area contributed by atoms with Gasteiger partial charge in [-0.2, -0.15) is 0 Å². The first kappa shape index (κ1) is 21.2. The molecule has 3 aromatic rings. The van der Waals surface area contributed by atoms with Crippen molar-refractivity contribution in [2.24, 2.45) is 0 Å². The van der Waals surface area contributed by atoms with Crippen LogP contribution in [-0.4, -0.2) is 54.2 Å². The summed E-state index contributed by atoms with van der Waals surface area (Å²) in [5, 5.41) is 10.9. The molecule has 31 heavy (non-hydrogen) atoms. The predicted molar refractivity (Wildman–Crippen MR) is 119 cm³/mol. The first-order valence-corrected chi connectivity index (χ1v) is 10.7. The number of benzene rings is 2. The van der Waals surface area contributed by atoms with E-state index < -0.39 is 0 Å². The van der Waals surface area contributed by atoms with Crippen molar-refractivity contribution < 1.29 is 19.0 Å². The highest BCUT2D eigenvalue weighted by atomic mass is 16.5. The van der Waals surface area contributed by atoms with Crippen LogP contribution in [0.3, 0.4) is 0 Å². The van der Waals surface area contributed by atoms with Crippen LogP contribution in [0.15, 0.2) is 51.9 Å². The molecule has 0 saturated carbocycles. The molecule has 1 aromatic heterocycles. The van der Waals surface area contributed by atoms with Gasteiger partial charge >= 0.3 is 0 Å². The maximum atomic E-state index is 13.1. The molecule has 0 amide bonds. The lowest BCUT2D eigenvalue weighted by atomic mass is 10.1. The van der Waals surface area contributed by atoms with Gasteiger partial charge in [-0.05, 0) is 37.7 Å². The summed E-state index contributed by atoms with van der Waals surface area (Å²) in [5.41, 5.74) is 0.735. The molecule has 1 aliphatic rings. The molecule has 164 valence electrons. The van der Waals surface area contributed by atoms with Gasteiger partial charge in [-0.15, -0.1) is 0 Å². The second kappa shape index (κ2) is 9.41. The number of aromatic hydroxyl groups is 1. The van der Waals surface area contributed by atoms with Crippen molar-refractivity contribution in [1.82, 2.24) is 9.80 Å². The molecule has 0 aliphatic carbocycles. The summed E-state index contributed by atoms with van der Waals surface area (Å²) in [5.74, 6) is 1.21. The smallest absolute Gasteiger partial charge is 0.235 e. The van der Waals surface area contributed by atoms with E-state index in [-0.39, 0.29) is 16.9 Å². The molecule has 1 fully saturated rings. The van der Waals surface area contributed by atoms with E-state index in [2.05, 4.69) is 16.7 Å². The molecule has 2 aromatic carbocycles. The van der Waals surface area contributed by atoms with Crippen LogP contribution in [0.1, 0.15) is 19.4 Å². The van der Waals surface area contributed by atoms with Crippen molar-refractivity contribution in [2.75, 3.05) is 39.3 Å². The molecule has 1 saturated heterocycles. The van der Waals surface area contributed by atoms with Crippen LogP contribution >= 0.6 is 0 Å². The molecular formula is C24H28N2O5. The lowest BCUT2D eigenvalue weighted by Crippen LogP contribution is -2.45. The molecule has 1 aliphatic heterocycles. The van der Waals surface area contributed by atoms with Crippen LogP contribution in [0.25, 0.3) is 11.0 Å². The van der Waals surface area contributed by atoms with E-state index in [1.807, 2.05) is 19.1 Å². The van der Waals surface area contributed by atoms with Crippen molar-refractivity contribution in [3.05, 3.63) is 58.4 Å². The normalized spacial score (nSPS) is 15.3. The number of hydrogen-bond donors (Lipinski definition) is 1. The Bertz CT molecular complexity index is 1100. The number of ether oxygens (including phenoxy) is 2. The maximum absolute atomic E-state index is 13.1. The second-order valence-electron chi connectivity index (χ2n) is 7.56. The number of likely N-dealkylation sites (N-methyl/N-ethyl adjacent to an activating group) is 1. The first-order chi connectivity index (χ1) is 15.1. The number of phenols is 1. The van der Waals surface area contributed by atoms with E-state index in [1.165, 1.54) is 6.26 Å². The van der Waals surface area contributed by atoms with E-state index in [4.69, 9.17) is 13.9 Å². The molecular weight excluding hydrogens is 396 g/mol. The zero-order valence-electron chi connectivity index (χ0n) is 18.0. The van der Waals surface area contributed by atoms with Crippen LogP contribution in [0.2, 0.25) is 0 Å². The molecule has 0 radical (unpaired) electrons. The van der Waals surface area contributed by atoms with Gasteiger partial charge in [0.1, 0.15) is 17.6 Å². The standard InChI is InChI=1S/C24H28N2O5/c1-3-25-11-13-26(14-12-25)15-18-19(27)10-9-17-23(28)22(16-30-24(17)18)31-21-8-6-5-7-20(21)29-4-2/h5-10,16,27H,3-4,11-15H2,1-2H3. The minimum Gasteiger partial charge on any atom is -0.507 e. The van der Waals surface area contributed by atoms with Gasteiger partial charge in [-0.3, -0.25) is 9.69 Å². The maximum Gasteiger partial charge on any atom is 0.235 e. The largest absolute Gasteiger partial charge is 0.507 e. The van der Waals surface area contributed by atoms with E-state index in [0.29, 0.717) is 41.2 Å². The lowest BCUT2D eigenvalue weighted by molar-refractivity contribution is 0.131. The molecule has 7 nitrogen and oxygen atoms in total. The molecule has 0 bridgehead atoms. The minimum atomic E-state index is -0.287.